The van der Waals surface area contributed by atoms with Crippen LogP contribution in [0.15, 0.2) is 0 Å². The van der Waals surface area contributed by atoms with Crippen molar-refractivity contribution < 1.29 is 16.8 Å². The molecule has 4 nitrogen and oxygen atoms in total. The molecule has 0 N–H and O–H groups in total. The SMILES string of the molecule is CC(C)CCCCCCCOS(=O)(=O)OCCCCCCCC(C)C. The van der Waals surface area contributed by atoms with Crippen LogP contribution < -0.4 is 0 Å². The maximum absolute atomic E-state index is 11.6. The molecule has 0 aromatic rings. The lowest BCUT2D eigenvalue weighted by Gasteiger charge is -2.07. The highest BCUT2D eigenvalue weighted by molar-refractivity contribution is 7.81. The summed E-state index contributed by atoms with van der Waals surface area (Å²) in [6, 6.07) is 0. The van der Waals surface area contributed by atoms with Gasteiger partial charge in [0.15, 0.2) is 0 Å². The molecule has 0 aromatic carbocycles. The van der Waals surface area contributed by atoms with E-state index in [0.717, 1.165) is 50.4 Å². The Bertz CT molecular complexity index is 347. The minimum Gasteiger partial charge on any atom is -0.248 e. The van der Waals surface area contributed by atoms with Crippen LogP contribution in [0.2, 0.25) is 0 Å². The lowest BCUT2D eigenvalue weighted by molar-refractivity contribution is 0.207. The third-order valence-corrected chi connectivity index (χ3v) is 5.22. The van der Waals surface area contributed by atoms with Gasteiger partial charge in [-0.1, -0.05) is 91.9 Å². The summed E-state index contributed by atoms with van der Waals surface area (Å²) in [5, 5.41) is 0. The number of rotatable bonds is 18. The average Bonchev–Trinajstić information content (AvgIpc) is 2.51. The molecule has 0 bridgehead atoms. The number of hydrogen-bond acceptors (Lipinski definition) is 4. The van der Waals surface area contributed by atoms with Gasteiger partial charge in [-0.25, -0.2) is 8.37 Å². The van der Waals surface area contributed by atoms with E-state index in [1.807, 2.05) is 0 Å². The molecule has 5 heteroatoms. The van der Waals surface area contributed by atoms with Crippen molar-refractivity contribution in [1.29, 1.82) is 0 Å². The molecule has 0 radical (unpaired) electrons. The van der Waals surface area contributed by atoms with E-state index in [0.29, 0.717) is 0 Å². The highest BCUT2D eigenvalue weighted by atomic mass is 32.3. The molecule has 0 saturated carbocycles. The molecule has 0 unspecified atom stereocenters. The van der Waals surface area contributed by atoms with E-state index in [9.17, 15) is 8.42 Å². The van der Waals surface area contributed by atoms with Crippen molar-refractivity contribution in [3.05, 3.63) is 0 Å². The van der Waals surface area contributed by atoms with Crippen molar-refractivity contribution in [2.24, 2.45) is 11.8 Å². The Morgan fingerprint density at radius 1 is 0.560 bits per heavy atom. The summed E-state index contributed by atoms with van der Waals surface area (Å²) in [6.45, 7) is 9.44. The van der Waals surface area contributed by atoms with Gasteiger partial charge in [0, 0.05) is 0 Å². The average molecular weight is 379 g/mol. The first-order valence-corrected chi connectivity index (χ1v) is 11.7. The van der Waals surface area contributed by atoms with Gasteiger partial charge in [-0.15, -0.1) is 0 Å². The number of unbranched alkanes of at least 4 members (excludes halogenated alkanes) is 8. The van der Waals surface area contributed by atoms with Crippen LogP contribution in [0.4, 0.5) is 0 Å². The summed E-state index contributed by atoms with van der Waals surface area (Å²) in [5.74, 6) is 1.54. The Hall–Kier alpha value is -0.130. The molecule has 0 saturated heterocycles. The molecule has 0 spiro atoms. The third kappa shape index (κ3) is 20.0. The second-order valence-electron chi connectivity index (χ2n) is 7.95. The molecule has 0 aliphatic carbocycles. The molecule has 0 fully saturated rings. The largest absolute Gasteiger partial charge is 0.399 e. The smallest absolute Gasteiger partial charge is 0.248 e. The molecule has 0 heterocycles. The first-order chi connectivity index (χ1) is 11.8. The summed E-state index contributed by atoms with van der Waals surface area (Å²) >= 11 is 0. The zero-order valence-corrected chi connectivity index (χ0v) is 17.9. The fourth-order valence-corrected chi connectivity index (χ4v) is 3.44. The Balaban J connectivity index is 3.41. The highest BCUT2D eigenvalue weighted by Crippen LogP contribution is 2.12. The number of hydrogen-bond donors (Lipinski definition) is 0. The van der Waals surface area contributed by atoms with Gasteiger partial charge in [0.05, 0.1) is 13.2 Å². The monoisotopic (exact) mass is 378 g/mol. The van der Waals surface area contributed by atoms with Crippen molar-refractivity contribution in [3.8, 4) is 0 Å². The Morgan fingerprint density at radius 3 is 1.24 bits per heavy atom. The molecule has 152 valence electrons. The van der Waals surface area contributed by atoms with E-state index in [-0.39, 0.29) is 13.2 Å². The lowest BCUT2D eigenvalue weighted by Crippen LogP contribution is -2.12. The van der Waals surface area contributed by atoms with Crippen molar-refractivity contribution in [1.82, 2.24) is 0 Å². The summed E-state index contributed by atoms with van der Waals surface area (Å²) in [5.41, 5.74) is 0. The fourth-order valence-electron chi connectivity index (χ4n) is 2.73. The Morgan fingerprint density at radius 2 is 0.880 bits per heavy atom. The molecule has 0 rings (SSSR count). The standard InChI is InChI=1S/C20H42O4S/c1-19(2)15-11-7-5-9-13-17-23-25(21,22)24-18-14-10-6-8-12-16-20(3)4/h19-20H,5-18H2,1-4H3. The molecule has 25 heavy (non-hydrogen) atoms. The third-order valence-electron chi connectivity index (χ3n) is 4.31. The zero-order valence-electron chi connectivity index (χ0n) is 17.1. The van der Waals surface area contributed by atoms with E-state index in [4.69, 9.17) is 8.37 Å². The quantitative estimate of drug-likeness (QED) is 0.264. The van der Waals surface area contributed by atoms with Crippen LogP contribution in [0.5, 0.6) is 0 Å². The van der Waals surface area contributed by atoms with E-state index in [2.05, 4.69) is 27.7 Å². The second kappa shape index (κ2) is 16.1. The van der Waals surface area contributed by atoms with Gasteiger partial charge < -0.3 is 0 Å². The van der Waals surface area contributed by atoms with Crippen LogP contribution in [0.1, 0.15) is 105 Å². The second-order valence-corrected chi connectivity index (χ2v) is 9.24. The molecule has 0 aliphatic rings. The molecular weight excluding hydrogens is 336 g/mol. The van der Waals surface area contributed by atoms with Gasteiger partial charge >= 0.3 is 10.4 Å². The van der Waals surface area contributed by atoms with Crippen LogP contribution in [0.25, 0.3) is 0 Å². The van der Waals surface area contributed by atoms with E-state index < -0.39 is 10.4 Å². The van der Waals surface area contributed by atoms with Crippen molar-refractivity contribution >= 4 is 10.4 Å². The van der Waals surface area contributed by atoms with E-state index >= 15 is 0 Å². The van der Waals surface area contributed by atoms with Gasteiger partial charge in [0.2, 0.25) is 0 Å². The summed E-state index contributed by atoms with van der Waals surface area (Å²) in [6.07, 6.45) is 13.4. The minimum atomic E-state index is -3.80. The van der Waals surface area contributed by atoms with Crippen molar-refractivity contribution in [2.45, 2.75) is 105 Å². The maximum Gasteiger partial charge on any atom is 0.399 e. The first-order valence-electron chi connectivity index (χ1n) is 10.4. The fraction of sp³-hybridized carbons (Fsp3) is 1.00. The Kier molecular flexibility index (Phi) is 16.0. The van der Waals surface area contributed by atoms with Crippen LogP contribution in [0.3, 0.4) is 0 Å². The normalized spacial score (nSPS) is 12.4. The summed E-state index contributed by atoms with van der Waals surface area (Å²) in [7, 11) is -3.80. The molecular formula is C20H42O4S. The Labute approximate surface area is 157 Å². The van der Waals surface area contributed by atoms with Gasteiger partial charge in [-0.2, -0.15) is 8.42 Å². The maximum atomic E-state index is 11.6. The topological polar surface area (TPSA) is 52.6 Å². The molecule has 0 amide bonds. The molecule has 0 aromatic heterocycles. The molecule has 0 atom stereocenters. The van der Waals surface area contributed by atoms with Crippen LogP contribution in [-0.2, 0) is 18.8 Å². The van der Waals surface area contributed by atoms with Gasteiger partial charge in [0.25, 0.3) is 0 Å². The van der Waals surface area contributed by atoms with E-state index in [1.54, 1.807) is 0 Å². The van der Waals surface area contributed by atoms with E-state index in [1.165, 1.54) is 38.5 Å². The predicted molar refractivity (Wildman–Crippen MR) is 106 cm³/mol. The van der Waals surface area contributed by atoms with Gasteiger partial charge in [-0.3, -0.25) is 0 Å². The highest BCUT2D eigenvalue weighted by Gasteiger charge is 2.11. The summed E-state index contributed by atoms with van der Waals surface area (Å²) < 4.78 is 33.0. The van der Waals surface area contributed by atoms with Crippen LogP contribution in [-0.4, -0.2) is 21.6 Å². The van der Waals surface area contributed by atoms with Gasteiger partial charge in [-0.05, 0) is 24.7 Å². The zero-order chi connectivity index (χ0) is 19.0. The van der Waals surface area contributed by atoms with Crippen LogP contribution in [0, 0.1) is 11.8 Å². The van der Waals surface area contributed by atoms with Gasteiger partial charge in [0.1, 0.15) is 0 Å². The predicted octanol–water partition coefficient (Wildman–Crippen LogP) is 6.26. The lowest BCUT2D eigenvalue weighted by atomic mass is 10.0. The first kappa shape index (κ1) is 24.9. The minimum absolute atomic E-state index is 0.238. The van der Waals surface area contributed by atoms with Crippen molar-refractivity contribution in [3.63, 3.8) is 0 Å². The van der Waals surface area contributed by atoms with Crippen LogP contribution >= 0.6 is 0 Å². The molecule has 0 aliphatic heterocycles. The van der Waals surface area contributed by atoms with Crippen molar-refractivity contribution in [2.75, 3.05) is 13.2 Å². The summed E-state index contributed by atoms with van der Waals surface area (Å²) in [4.78, 5) is 0.